The van der Waals surface area contributed by atoms with Crippen LogP contribution in [-0.2, 0) is 10.0 Å². The van der Waals surface area contributed by atoms with Crippen molar-refractivity contribution < 1.29 is 12.8 Å². The van der Waals surface area contributed by atoms with E-state index < -0.39 is 15.8 Å². The molecule has 6 heteroatoms. The maximum Gasteiger partial charge on any atom is 0.245 e. The van der Waals surface area contributed by atoms with Crippen LogP contribution in [-0.4, -0.2) is 25.8 Å². The lowest BCUT2D eigenvalue weighted by atomic mass is 10.2. The van der Waals surface area contributed by atoms with E-state index >= 15 is 0 Å². The maximum absolute atomic E-state index is 12.9. The fourth-order valence-electron chi connectivity index (χ4n) is 1.98. The molecule has 0 atom stereocenters. The summed E-state index contributed by atoms with van der Waals surface area (Å²) in [5, 5.41) is 0. The van der Waals surface area contributed by atoms with Crippen LogP contribution < -0.4 is 5.73 Å². The zero-order valence-electron chi connectivity index (χ0n) is 10.1. The molecule has 2 N–H and O–H groups in total. The number of nitrogen functional groups attached to an aromatic ring is 1. The van der Waals surface area contributed by atoms with E-state index in [2.05, 4.69) is 0 Å². The second-order valence-corrected chi connectivity index (χ2v) is 6.27. The Hall–Kier alpha value is -1.40. The van der Waals surface area contributed by atoms with Crippen molar-refractivity contribution in [3.63, 3.8) is 0 Å². The molecule has 0 saturated heterocycles. The first kappa shape index (κ1) is 13.0. The smallest absolute Gasteiger partial charge is 0.245 e. The van der Waals surface area contributed by atoms with Gasteiger partial charge in [-0.2, -0.15) is 4.31 Å². The average molecular weight is 270 g/mol. The van der Waals surface area contributed by atoms with Crippen molar-refractivity contribution in [2.24, 2.45) is 0 Å². The van der Waals surface area contributed by atoms with Gasteiger partial charge >= 0.3 is 0 Å². The highest BCUT2D eigenvalue weighted by molar-refractivity contribution is 7.89. The predicted octanol–water partition coefficient (Wildman–Crippen LogP) is 1.75. The minimum Gasteiger partial charge on any atom is -0.398 e. The molecule has 18 heavy (non-hydrogen) atoms. The Morgan fingerprint density at radius 3 is 2.72 bits per heavy atom. The first-order chi connectivity index (χ1) is 8.41. The molecule has 1 heterocycles. The number of benzene rings is 1. The van der Waals surface area contributed by atoms with Gasteiger partial charge in [-0.15, -0.1) is 0 Å². The Labute approximate surface area is 106 Å². The third-order valence-corrected chi connectivity index (χ3v) is 4.81. The molecule has 0 saturated carbocycles. The molecule has 0 fully saturated rings. The molecule has 0 aromatic heterocycles. The normalized spacial score (nSPS) is 17.6. The van der Waals surface area contributed by atoms with Crippen LogP contribution in [0.4, 0.5) is 10.1 Å². The highest BCUT2D eigenvalue weighted by Crippen LogP contribution is 2.25. The Morgan fingerprint density at radius 1 is 1.39 bits per heavy atom. The molecule has 1 aromatic rings. The zero-order valence-corrected chi connectivity index (χ0v) is 10.9. The fraction of sp³-hybridized carbons (Fsp3) is 0.333. The van der Waals surface area contributed by atoms with Gasteiger partial charge in [-0.05, 0) is 31.5 Å². The van der Waals surface area contributed by atoms with Crippen molar-refractivity contribution >= 4 is 15.7 Å². The SMILES string of the molecule is CC1=CCCN(S(=O)(=O)c2ccc(F)cc2N)C1. The van der Waals surface area contributed by atoms with Crippen LogP contribution in [0.3, 0.4) is 0 Å². The second-order valence-electron chi connectivity index (χ2n) is 4.36. The lowest BCUT2D eigenvalue weighted by Gasteiger charge is -2.25. The number of hydrogen-bond acceptors (Lipinski definition) is 3. The summed E-state index contributed by atoms with van der Waals surface area (Å²) in [4.78, 5) is -0.0291. The number of nitrogens with zero attached hydrogens (tertiary/aromatic N) is 1. The summed E-state index contributed by atoms with van der Waals surface area (Å²) < 4.78 is 39.0. The van der Waals surface area contributed by atoms with Crippen LogP contribution in [0.5, 0.6) is 0 Å². The number of nitrogens with two attached hydrogens (primary N) is 1. The molecule has 0 bridgehead atoms. The average Bonchev–Trinajstić information content (AvgIpc) is 2.28. The molecule has 1 aromatic carbocycles. The summed E-state index contributed by atoms with van der Waals surface area (Å²) in [5.74, 6) is -0.541. The van der Waals surface area contributed by atoms with Gasteiger partial charge in [-0.3, -0.25) is 0 Å². The molecule has 4 nitrogen and oxygen atoms in total. The summed E-state index contributed by atoms with van der Waals surface area (Å²) >= 11 is 0. The monoisotopic (exact) mass is 270 g/mol. The van der Waals surface area contributed by atoms with E-state index in [0.717, 1.165) is 17.7 Å². The Kier molecular flexibility index (Phi) is 3.41. The summed E-state index contributed by atoms with van der Waals surface area (Å²) in [6.45, 7) is 2.67. The van der Waals surface area contributed by atoms with Gasteiger partial charge < -0.3 is 5.73 Å². The van der Waals surface area contributed by atoms with Gasteiger partial charge in [0, 0.05) is 13.1 Å². The van der Waals surface area contributed by atoms with Crippen molar-refractivity contribution in [3.05, 3.63) is 35.7 Å². The van der Waals surface area contributed by atoms with Gasteiger partial charge in [-0.1, -0.05) is 11.6 Å². The number of rotatable bonds is 2. The third kappa shape index (κ3) is 2.39. The van der Waals surface area contributed by atoms with Crippen molar-refractivity contribution in [3.8, 4) is 0 Å². The number of hydrogen-bond donors (Lipinski definition) is 1. The lowest BCUT2D eigenvalue weighted by Crippen LogP contribution is -2.35. The molecular weight excluding hydrogens is 255 g/mol. The standard InChI is InChI=1S/C12H15FN2O2S/c1-9-3-2-6-15(8-9)18(16,17)12-5-4-10(13)7-11(12)14/h3-5,7H,2,6,8,14H2,1H3. The van der Waals surface area contributed by atoms with E-state index in [4.69, 9.17) is 5.73 Å². The summed E-state index contributed by atoms with van der Waals surface area (Å²) in [5.41, 5.74) is 6.54. The van der Waals surface area contributed by atoms with E-state index in [-0.39, 0.29) is 10.6 Å². The molecule has 0 radical (unpaired) electrons. The molecule has 0 aliphatic carbocycles. The van der Waals surface area contributed by atoms with Gasteiger partial charge in [0.25, 0.3) is 0 Å². The van der Waals surface area contributed by atoms with E-state index in [1.54, 1.807) is 0 Å². The quantitative estimate of drug-likeness (QED) is 0.658. The Bertz CT molecular complexity index is 596. The minimum absolute atomic E-state index is 0.0291. The zero-order chi connectivity index (χ0) is 13.3. The molecular formula is C12H15FN2O2S. The van der Waals surface area contributed by atoms with E-state index in [9.17, 15) is 12.8 Å². The van der Waals surface area contributed by atoms with E-state index in [1.165, 1.54) is 10.4 Å². The number of anilines is 1. The number of sulfonamides is 1. The van der Waals surface area contributed by atoms with Gasteiger partial charge in [0.05, 0.1) is 5.69 Å². The van der Waals surface area contributed by atoms with Crippen LogP contribution >= 0.6 is 0 Å². The fourth-order valence-corrected chi connectivity index (χ4v) is 3.57. The van der Waals surface area contributed by atoms with Gasteiger partial charge in [0.15, 0.2) is 0 Å². The molecule has 0 amide bonds. The van der Waals surface area contributed by atoms with Crippen molar-refractivity contribution in [1.29, 1.82) is 0 Å². The highest BCUT2D eigenvalue weighted by atomic mass is 32.2. The topological polar surface area (TPSA) is 63.4 Å². The van der Waals surface area contributed by atoms with E-state index in [1.807, 2.05) is 13.0 Å². The van der Waals surface area contributed by atoms with Gasteiger partial charge in [0.1, 0.15) is 10.7 Å². The molecule has 1 aliphatic rings. The van der Waals surface area contributed by atoms with Crippen LogP contribution in [0.25, 0.3) is 0 Å². The molecule has 0 unspecified atom stereocenters. The summed E-state index contributed by atoms with van der Waals surface area (Å²) in [6.07, 6.45) is 2.70. The highest BCUT2D eigenvalue weighted by Gasteiger charge is 2.27. The Balaban J connectivity index is 2.39. The molecule has 98 valence electrons. The van der Waals surface area contributed by atoms with Crippen LogP contribution in [0.15, 0.2) is 34.7 Å². The Morgan fingerprint density at radius 2 is 2.11 bits per heavy atom. The maximum atomic E-state index is 12.9. The van der Waals surface area contributed by atoms with Crippen LogP contribution in [0.2, 0.25) is 0 Å². The molecule has 1 aliphatic heterocycles. The van der Waals surface area contributed by atoms with E-state index in [0.29, 0.717) is 19.5 Å². The second kappa shape index (κ2) is 4.70. The van der Waals surface area contributed by atoms with Crippen molar-refractivity contribution in [2.75, 3.05) is 18.8 Å². The molecule has 2 rings (SSSR count). The predicted molar refractivity (Wildman–Crippen MR) is 67.9 cm³/mol. The largest absolute Gasteiger partial charge is 0.398 e. The molecule has 0 spiro atoms. The summed E-state index contributed by atoms with van der Waals surface area (Å²) in [6, 6.07) is 3.35. The first-order valence-electron chi connectivity index (χ1n) is 5.62. The van der Waals surface area contributed by atoms with Crippen molar-refractivity contribution in [2.45, 2.75) is 18.2 Å². The van der Waals surface area contributed by atoms with Crippen LogP contribution in [0.1, 0.15) is 13.3 Å². The third-order valence-electron chi connectivity index (χ3n) is 2.89. The van der Waals surface area contributed by atoms with Crippen LogP contribution in [0, 0.1) is 5.82 Å². The van der Waals surface area contributed by atoms with Crippen molar-refractivity contribution in [1.82, 2.24) is 4.31 Å². The van der Waals surface area contributed by atoms with Gasteiger partial charge in [0.2, 0.25) is 10.0 Å². The first-order valence-corrected chi connectivity index (χ1v) is 7.06. The van der Waals surface area contributed by atoms with Gasteiger partial charge in [-0.25, -0.2) is 12.8 Å². The lowest BCUT2D eigenvalue weighted by molar-refractivity contribution is 0.428. The minimum atomic E-state index is -3.64. The summed E-state index contributed by atoms with van der Waals surface area (Å²) in [7, 11) is -3.64. The number of halogens is 1.